The van der Waals surface area contributed by atoms with E-state index in [0.29, 0.717) is 42.5 Å². The second kappa shape index (κ2) is 7.57. The topological polar surface area (TPSA) is 63.1 Å². The van der Waals surface area contributed by atoms with Gasteiger partial charge in [-0.3, -0.25) is 4.57 Å². The van der Waals surface area contributed by atoms with Gasteiger partial charge in [-0.1, -0.05) is 12.1 Å². The molecule has 0 bridgehead atoms. The Labute approximate surface area is 171 Å². The lowest BCUT2D eigenvalue weighted by Crippen LogP contribution is -2.17. The molecule has 1 saturated heterocycles. The van der Waals surface area contributed by atoms with E-state index in [2.05, 4.69) is 9.97 Å². The predicted octanol–water partition coefficient (Wildman–Crippen LogP) is 4.97. The number of ether oxygens (including phenoxy) is 1. The maximum Gasteiger partial charge on any atom is 0.215 e. The summed E-state index contributed by atoms with van der Waals surface area (Å²) in [5.41, 5.74) is 3.58. The zero-order chi connectivity index (χ0) is 20.7. The summed E-state index contributed by atoms with van der Waals surface area (Å²) in [5.74, 6) is 0.203. The molecule has 154 valence electrons. The van der Waals surface area contributed by atoms with Crippen LogP contribution in [0.3, 0.4) is 0 Å². The molecule has 2 aromatic heterocycles. The van der Waals surface area contributed by atoms with Crippen molar-refractivity contribution >= 4 is 11.0 Å². The molecule has 1 aliphatic rings. The van der Waals surface area contributed by atoms with Crippen LogP contribution in [0.2, 0.25) is 0 Å². The molecule has 0 atom stereocenters. The van der Waals surface area contributed by atoms with Crippen molar-refractivity contribution < 1.29 is 18.6 Å². The van der Waals surface area contributed by atoms with Crippen LogP contribution >= 0.6 is 0 Å². The average Bonchev–Trinajstić information content (AvgIpc) is 3.30. The first kappa shape index (κ1) is 18.8. The van der Waals surface area contributed by atoms with Gasteiger partial charge >= 0.3 is 0 Å². The number of aromatic hydroxyl groups is 1. The van der Waals surface area contributed by atoms with Gasteiger partial charge in [0.25, 0.3) is 0 Å². The first-order chi connectivity index (χ1) is 14.6. The zero-order valence-electron chi connectivity index (χ0n) is 16.2. The van der Waals surface area contributed by atoms with E-state index in [9.17, 15) is 13.9 Å². The smallest absolute Gasteiger partial charge is 0.215 e. The summed E-state index contributed by atoms with van der Waals surface area (Å²) in [4.78, 5) is 7.56. The van der Waals surface area contributed by atoms with Gasteiger partial charge < -0.3 is 14.8 Å². The van der Waals surface area contributed by atoms with E-state index in [1.54, 1.807) is 29.0 Å². The molecule has 4 aromatic rings. The number of aromatic amines is 1. The van der Waals surface area contributed by atoms with Crippen molar-refractivity contribution in [2.24, 2.45) is 5.92 Å². The second-order valence-electron chi connectivity index (χ2n) is 7.70. The summed E-state index contributed by atoms with van der Waals surface area (Å²) in [7, 11) is 0. The summed E-state index contributed by atoms with van der Waals surface area (Å²) >= 11 is 0. The van der Waals surface area contributed by atoms with Crippen LogP contribution < -0.4 is 0 Å². The highest BCUT2D eigenvalue weighted by molar-refractivity contribution is 5.77. The van der Waals surface area contributed by atoms with Crippen molar-refractivity contribution in [2.45, 2.75) is 19.3 Å². The van der Waals surface area contributed by atoms with E-state index in [1.165, 1.54) is 24.3 Å². The number of benzene rings is 2. The molecule has 2 N–H and O–H groups in total. The second-order valence-corrected chi connectivity index (χ2v) is 7.70. The first-order valence-corrected chi connectivity index (χ1v) is 10.0. The molecule has 0 aliphatic carbocycles. The lowest BCUT2D eigenvalue weighted by Gasteiger charge is -2.22. The summed E-state index contributed by atoms with van der Waals surface area (Å²) in [6, 6.07) is 10.5. The Hall–Kier alpha value is -3.19. The van der Waals surface area contributed by atoms with Crippen molar-refractivity contribution in [3.63, 3.8) is 0 Å². The summed E-state index contributed by atoms with van der Waals surface area (Å²) in [5, 5.41) is 11.1. The van der Waals surface area contributed by atoms with E-state index in [0.717, 1.165) is 29.5 Å². The van der Waals surface area contributed by atoms with Crippen LogP contribution in [0.15, 0.2) is 48.7 Å². The van der Waals surface area contributed by atoms with Gasteiger partial charge in [-0.25, -0.2) is 13.8 Å². The third-order valence-corrected chi connectivity index (χ3v) is 5.73. The van der Waals surface area contributed by atoms with E-state index < -0.39 is 0 Å². The van der Waals surface area contributed by atoms with Gasteiger partial charge in [0.2, 0.25) is 11.8 Å². The average molecular weight is 409 g/mol. The molecule has 2 aromatic carbocycles. The molecule has 0 saturated carbocycles. The zero-order valence-corrected chi connectivity index (χ0v) is 16.2. The number of rotatable bonds is 4. The Balaban J connectivity index is 1.61. The molecular weight excluding hydrogens is 388 g/mol. The van der Waals surface area contributed by atoms with Gasteiger partial charge in [-0.05, 0) is 61.1 Å². The van der Waals surface area contributed by atoms with Gasteiger partial charge in [-0.2, -0.15) is 0 Å². The summed E-state index contributed by atoms with van der Waals surface area (Å²) in [6.07, 6.45) is 4.34. The molecule has 0 amide bonds. The first-order valence-electron chi connectivity index (χ1n) is 10.0. The Bertz CT molecular complexity index is 1190. The Kier molecular flexibility index (Phi) is 4.75. The lowest BCUT2D eigenvalue weighted by molar-refractivity contribution is 0.0664. The van der Waals surface area contributed by atoms with Gasteiger partial charge in [0.1, 0.15) is 11.6 Å². The SMILES string of the molecule is Oc1c(CC2CCOCC2)c(-c2ccc(F)cc2)cn1-c1nc2ccc(F)cc2[nH]1. The van der Waals surface area contributed by atoms with Crippen LogP contribution in [0.4, 0.5) is 8.78 Å². The number of nitrogens with zero attached hydrogens (tertiary/aromatic N) is 2. The van der Waals surface area contributed by atoms with Gasteiger partial charge in [0.05, 0.1) is 11.0 Å². The molecule has 5 nitrogen and oxygen atoms in total. The highest BCUT2D eigenvalue weighted by atomic mass is 19.1. The van der Waals surface area contributed by atoms with Crippen molar-refractivity contribution in [2.75, 3.05) is 13.2 Å². The predicted molar refractivity (Wildman–Crippen MR) is 110 cm³/mol. The van der Waals surface area contributed by atoms with E-state index in [4.69, 9.17) is 4.74 Å². The fraction of sp³-hybridized carbons (Fsp3) is 0.261. The third-order valence-electron chi connectivity index (χ3n) is 5.73. The molecule has 1 aliphatic heterocycles. The molecule has 5 rings (SSSR count). The standard InChI is InChI=1S/C23H21F2N3O2/c24-16-3-1-15(2-4-16)19-13-28(22(29)18(19)11-14-7-9-30-10-8-14)23-26-20-6-5-17(25)12-21(20)27-23/h1-6,12-14,29H,7-11H2,(H,26,27). The highest BCUT2D eigenvalue weighted by Crippen LogP contribution is 2.37. The molecule has 3 heterocycles. The number of nitrogens with one attached hydrogen (secondary N) is 1. The minimum absolute atomic E-state index is 0.0837. The summed E-state index contributed by atoms with van der Waals surface area (Å²) in [6.45, 7) is 1.43. The summed E-state index contributed by atoms with van der Waals surface area (Å²) < 4.78 is 34.1. The number of aromatic nitrogens is 3. The van der Waals surface area contributed by atoms with Crippen molar-refractivity contribution in [1.82, 2.24) is 14.5 Å². The molecule has 1 fully saturated rings. The number of hydrogen-bond donors (Lipinski definition) is 2. The van der Waals surface area contributed by atoms with Gasteiger partial charge in [-0.15, -0.1) is 0 Å². The lowest BCUT2D eigenvalue weighted by atomic mass is 9.90. The highest BCUT2D eigenvalue weighted by Gasteiger charge is 2.24. The number of fused-ring (bicyclic) bond motifs is 1. The fourth-order valence-electron chi connectivity index (χ4n) is 4.10. The van der Waals surface area contributed by atoms with Crippen LogP contribution in [0.1, 0.15) is 18.4 Å². The molecule has 0 radical (unpaired) electrons. The van der Waals surface area contributed by atoms with Crippen molar-refractivity contribution in [3.8, 4) is 23.0 Å². The molecular formula is C23H21F2N3O2. The van der Waals surface area contributed by atoms with E-state index >= 15 is 0 Å². The van der Waals surface area contributed by atoms with E-state index in [1.807, 2.05) is 0 Å². The number of imidazole rings is 1. The van der Waals surface area contributed by atoms with E-state index in [-0.39, 0.29) is 17.5 Å². The van der Waals surface area contributed by atoms with Gasteiger partial charge in [0.15, 0.2) is 0 Å². The van der Waals surface area contributed by atoms with Crippen LogP contribution in [0.5, 0.6) is 5.88 Å². The Morgan fingerprint density at radius 3 is 2.57 bits per heavy atom. The largest absolute Gasteiger partial charge is 0.494 e. The number of halogens is 2. The van der Waals surface area contributed by atoms with Crippen LogP contribution in [-0.4, -0.2) is 32.9 Å². The molecule has 0 unspecified atom stereocenters. The monoisotopic (exact) mass is 409 g/mol. The Morgan fingerprint density at radius 2 is 1.80 bits per heavy atom. The molecule has 7 heteroatoms. The maximum atomic E-state index is 13.6. The number of H-pyrrole nitrogens is 1. The minimum atomic E-state index is -0.360. The van der Waals surface area contributed by atoms with Crippen LogP contribution in [-0.2, 0) is 11.2 Å². The minimum Gasteiger partial charge on any atom is -0.494 e. The molecule has 0 spiro atoms. The van der Waals surface area contributed by atoms with Crippen molar-refractivity contribution in [3.05, 3.63) is 65.9 Å². The van der Waals surface area contributed by atoms with Gasteiger partial charge in [0, 0.05) is 30.5 Å². The normalized spacial score (nSPS) is 15.1. The number of hydrogen-bond acceptors (Lipinski definition) is 3. The third kappa shape index (κ3) is 3.45. The van der Waals surface area contributed by atoms with Crippen LogP contribution in [0.25, 0.3) is 28.1 Å². The maximum absolute atomic E-state index is 13.6. The van der Waals surface area contributed by atoms with Crippen LogP contribution in [0, 0.1) is 17.6 Å². The fourth-order valence-corrected chi connectivity index (χ4v) is 4.10. The molecule has 30 heavy (non-hydrogen) atoms. The van der Waals surface area contributed by atoms with Crippen molar-refractivity contribution in [1.29, 1.82) is 0 Å². The Morgan fingerprint density at radius 1 is 1.07 bits per heavy atom. The quantitative estimate of drug-likeness (QED) is 0.500.